The van der Waals surface area contributed by atoms with Crippen molar-refractivity contribution in [3.05, 3.63) is 35.4 Å². The number of carbonyl (C=O) groups excluding carboxylic acids is 1. The van der Waals surface area contributed by atoms with E-state index in [9.17, 15) is 13.6 Å². The molecule has 0 radical (unpaired) electrons. The van der Waals surface area contributed by atoms with Crippen molar-refractivity contribution >= 4 is 5.91 Å². The van der Waals surface area contributed by atoms with Crippen molar-refractivity contribution in [2.45, 2.75) is 39.3 Å². The lowest BCUT2D eigenvalue weighted by atomic mass is 10.0. The fourth-order valence-corrected chi connectivity index (χ4v) is 2.01. The molecule has 1 aromatic carbocycles. The summed E-state index contributed by atoms with van der Waals surface area (Å²) in [5, 5.41) is 5.74. The van der Waals surface area contributed by atoms with Crippen LogP contribution in [-0.4, -0.2) is 19.0 Å². The number of alkyl halides is 2. The zero-order valence-corrected chi connectivity index (χ0v) is 12.1. The van der Waals surface area contributed by atoms with Gasteiger partial charge in [0.2, 0.25) is 5.91 Å². The van der Waals surface area contributed by atoms with Gasteiger partial charge >= 0.3 is 0 Å². The Labute approximate surface area is 118 Å². The number of amides is 1. The Hall–Kier alpha value is -1.49. The van der Waals surface area contributed by atoms with Crippen LogP contribution in [0, 0.1) is 5.92 Å². The molecule has 0 aliphatic rings. The highest BCUT2D eigenvalue weighted by Gasteiger charge is 2.18. The average molecular weight is 284 g/mol. The number of rotatable bonds is 7. The first-order valence-corrected chi connectivity index (χ1v) is 6.76. The van der Waals surface area contributed by atoms with E-state index in [1.807, 2.05) is 13.8 Å². The lowest BCUT2D eigenvalue weighted by molar-refractivity contribution is -0.123. The van der Waals surface area contributed by atoms with Crippen molar-refractivity contribution in [2.75, 3.05) is 7.05 Å². The molecule has 0 heterocycles. The molecule has 0 saturated heterocycles. The SMILES string of the molecule is CNC(=O)C(CC(C)C)NCc1cccc(C(F)F)c1. The molecule has 0 saturated carbocycles. The Morgan fingerprint density at radius 3 is 2.55 bits per heavy atom. The van der Waals surface area contributed by atoms with Crippen molar-refractivity contribution in [1.29, 1.82) is 0 Å². The summed E-state index contributed by atoms with van der Waals surface area (Å²) in [4.78, 5) is 11.8. The highest BCUT2D eigenvalue weighted by molar-refractivity contribution is 5.81. The minimum absolute atomic E-state index is 0.00431. The molecule has 1 rings (SSSR count). The van der Waals surface area contributed by atoms with Gasteiger partial charge in [0.25, 0.3) is 6.43 Å². The molecule has 0 fully saturated rings. The van der Waals surface area contributed by atoms with Crippen molar-refractivity contribution in [3.8, 4) is 0 Å². The first-order valence-electron chi connectivity index (χ1n) is 6.76. The Morgan fingerprint density at radius 1 is 1.30 bits per heavy atom. The van der Waals surface area contributed by atoms with Crippen molar-refractivity contribution in [3.63, 3.8) is 0 Å². The Kier molecular flexibility index (Phi) is 6.58. The summed E-state index contributed by atoms with van der Waals surface area (Å²) in [6.07, 6.45) is -1.77. The predicted octanol–water partition coefficient (Wildman–Crippen LogP) is 2.87. The summed E-state index contributed by atoms with van der Waals surface area (Å²) in [5.74, 6) is 0.293. The van der Waals surface area contributed by atoms with Crippen LogP contribution in [-0.2, 0) is 11.3 Å². The maximum atomic E-state index is 12.6. The quantitative estimate of drug-likeness (QED) is 0.808. The largest absolute Gasteiger partial charge is 0.358 e. The van der Waals surface area contributed by atoms with Crippen molar-refractivity contribution in [1.82, 2.24) is 10.6 Å². The van der Waals surface area contributed by atoms with Gasteiger partial charge in [0, 0.05) is 19.2 Å². The van der Waals surface area contributed by atoms with E-state index in [1.165, 1.54) is 12.1 Å². The van der Waals surface area contributed by atoms with E-state index in [4.69, 9.17) is 0 Å². The van der Waals surface area contributed by atoms with Crippen LogP contribution in [0.25, 0.3) is 0 Å². The van der Waals surface area contributed by atoms with Crippen LogP contribution in [0.4, 0.5) is 8.78 Å². The number of benzene rings is 1. The molecule has 3 nitrogen and oxygen atoms in total. The zero-order valence-electron chi connectivity index (χ0n) is 12.1. The van der Waals surface area contributed by atoms with E-state index in [2.05, 4.69) is 10.6 Å². The summed E-state index contributed by atoms with van der Waals surface area (Å²) >= 11 is 0. The first-order chi connectivity index (χ1) is 9.43. The van der Waals surface area contributed by atoms with Crippen LogP contribution in [0.3, 0.4) is 0 Å². The fraction of sp³-hybridized carbons (Fsp3) is 0.533. The van der Waals surface area contributed by atoms with Gasteiger partial charge in [0.1, 0.15) is 0 Å². The number of hydrogen-bond donors (Lipinski definition) is 2. The average Bonchev–Trinajstić information content (AvgIpc) is 2.42. The third-order valence-corrected chi connectivity index (χ3v) is 3.03. The molecule has 1 amide bonds. The molecule has 1 atom stereocenters. The molecule has 20 heavy (non-hydrogen) atoms. The minimum Gasteiger partial charge on any atom is -0.358 e. The number of carbonyl (C=O) groups is 1. The Morgan fingerprint density at radius 2 is 2.00 bits per heavy atom. The lowest BCUT2D eigenvalue weighted by Crippen LogP contribution is -2.43. The van der Waals surface area contributed by atoms with Gasteiger partial charge in [0.05, 0.1) is 6.04 Å². The first kappa shape index (κ1) is 16.6. The second-order valence-electron chi connectivity index (χ2n) is 5.22. The maximum Gasteiger partial charge on any atom is 0.263 e. The molecule has 5 heteroatoms. The molecule has 1 aromatic rings. The van der Waals surface area contributed by atoms with Crippen LogP contribution in [0.15, 0.2) is 24.3 Å². The molecule has 1 unspecified atom stereocenters. The van der Waals surface area contributed by atoms with Crippen LogP contribution in [0.2, 0.25) is 0 Å². The van der Waals surface area contributed by atoms with E-state index in [0.717, 1.165) is 5.56 Å². The van der Waals surface area contributed by atoms with Crippen LogP contribution in [0.1, 0.15) is 37.8 Å². The molecular formula is C15H22F2N2O. The molecule has 0 aromatic heterocycles. The predicted molar refractivity (Wildman–Crippen MR) is 75.5 cm³/mol. The third-order valence-electron chi connectivity index (χ3n) is 3.03. The normalized spacial score (nSPS) is 12.8. The molecule has 0 bridgehead atoms. The standard InChI is InChI=1S/C15H22F2N2O/c1-10(2)7-13(15(20)18-3)19-9-11-5-4-6-12(8-11)14(16)17/h4-6,8,10,13-14,19H,7,9H2,1-3H3,(H,18,20). The van der Waals surface area contributed by atoms with Crippen LogP contribution in [0.5, 0.6) is 0 Å². The summed E-state index contributed by atoms with van der Waals surface area (Å²) < 4.78 is 25.2. The smallest absolute Gasteiger partial charge is 0.263 e. The van der Waals surface area contributed by atoms with E-state index in [1.54, 1.807) is 19.2 Å². The molecular weight excluding hydrogens is 262 g/mol. The fourth-order valence-electron chi connectivity index (χ4n) is 2.01. The minimum atomic E-state index is -2.47. The van der Waals surface area contributed by atoms with Crippen LogP contribution >= 0.6 is 0 Å². The van der Waals surface area contributed by atoms with E-state index >= 15 is 0 Å². The van der Waals surface area contributed by atoms with Crippen molar-refractivity contribution in [2.24, 2.45) is 5.92 Å². The van der Waals surface area contributed by atoms with E-state index < -0.39 is 6.43 Å². The number of halogens is 2. The lowest BCUT2D eigenvalue weighted by Gasteiger charge is -2.19. The monoisotopic (exact) mass is 284 g/mol. The summed E-state index contributed by atoms with van der Waals surface area (Å²) in [5.41, 5.74) is 0.755. The second-order valence-corrected chi connectivity index (χ2v) is 5.22. The van der Waals surface area contributed by atoms with Gasteiger partial charge < -0.3 is 10.6 Å². The summed E-state index contributed by atoms with van der Waals surface area (Å²) in [7, 11) is 1.59. The van der Waals surface area contributed by atoms with Gasteiger partial charge in [-0.2, -0.15) is 0 Å². The Balaban J connectivity index is 2.67. The number of hydrogen-bond acceptors (Lipinski definition) is 2. The van der Waals surface area contributed by atoms with Crippen molar-refractivity contribution < 1.29 is 13.6 Å². The Bertz CT molecular complexity index is 436. The molecule has 0 aliphatic heterocycles. The molecule has 2 N–H and O–H groups in total. The number of nitrogens with one attached hydrogen (secondary N) is 2. The van der Waals surface area contributed by atoms with E-state index in [-0.39, 0.29) is 17.5 Å². The van der Waals surface area contributed by atoms with Gasteiger partial charge in [-0.1, -0.05) is 32.0 Å². The zero-order chi connectivity index (χ0) is 15.1. The highest BCUT2D eigenvalue weighted by Crippen LogP contribution is 2.19. The topological polar surface area (TPSA) is 41.1 Å². The highest BCUT2D eigenvalue weighted by atomic mass is 19.3. The van der Waals surface area contributed by atoms with Gasteiger partial charge in [0.15, 0.2) is 0 Å². The number of likely N-dealkylation sites (N-methyl/N-ethyl adjacent to an activating group) is 1. The molecule has 112 valence electrons. The van der Waals surface area contributed by atoms with Gasteiger partial charge in [-0.3, -0.25) is 4.79 Å². The maximum absolute atomic E-state index is 12.6. The third kappa shape index (κ3) is 5.25. The summed E-state index contributed by atoms with van der Waals surface area (Å²) in [6, 6.07) is 5.94. The van der Waals surface area contributed by atoms with Gasteiger partial charge in [-0.25, -0.2) is 8.78 Å². The van der Waals surface area contributed by atoms with Gasteiger partial charge in [-0.05, 0) is 24.0 Å². The molecule has 0 spiro atoms. The second kappa shape index (κ2) is 7.94. The molecule has 0 aliphatic carbocycles. The van der Waals surface area contributed by atoms with Crippen LogP contribution < -0.4 is 10.6 Å². The van der Waals surface area contributed by atoms with E-state index in [0.29, 0.717) is 18.9 Å². The summed E-state index contributed by atoms with van der Waals surface area (Å²) in [6.45, 7) is 4.47. The van der Waals surface area contributed by atoms with Gasteiger partial charge in [-0.15, -0.1) is 0 Å².